The van der Waals surface area contributed by atoms with Crippen molar-refractivity contribution in [3.8, 4) is 0 Å². The molecule has 0 spiro atoms. The predicted molar refractivity (Wildman–Crippen MR) is 84.6 cm³/mol. The number of thioether (sulfide) groups is 1. The molecule has 0 aromatic carbocycles. The maximum atomic E-state index is 11.9. The number of carbonyl (C=O) groups excluding carboxylic acids is 1. The highest BCUT2D eigenvalue weighted by molar-refractivity contribution is 8.01. The molecule has 8 heteroatoms. The van der Waals surface area contributed by atoms with Gasteiger partial charge >= 0.3 is 0 Å². The van der Waals surface area contributed by atoms with Gasteiger partial charge in [-0.3, -0.25) is 4.79 Å². The first-order valence-corrected chi connectivity index (χ1v) is 8.13. The fraction of sp³-hybridized carbons (Fsp3) is 0.308. The van der Waals surface area contributed by atoms with Crippen LogP contribution in [0.25, 0.3) is 0 Å². The van der Waals surface area contributed by atoms with Crippen molar-refractivity contribution in [1.82, 2.24) is 15.5 Å². The Labute approximate surface area is 131 Å². The van der Waals surface area contributed by atoms with Crippen LogP contribution >= 0.6 is 23.1 Å². The molecule has 0 saturated carbocycles. The molecule has 0 aliphatic rings. The summed E-state index contributed by atoms with van der Waals surface area (Å²) in [6.45, 7) is 6.14. The fourth-order valence-corrected chi connectivity index (χ4v) is 3.09. The Morgan fingerprint density at radius 3 is 3.19 bits per heavy atom. The van der Waals surface area contributed by atoms with E-state index in [0.717, 1.165) is 15.2 Å². The van der Waals surface area contributed by atoms with E-state index < -0.39 is 0 Å². The molecule has 0 aliphatic heterocycles. The summed E-state index contributed by atoms with van der Waals surface area (Å²) in [5.41, 5.74) is 0. The van der Waals surface area contributed by atoms with Crippen molar-refractivity contribution in [1.29, 1.82) is 0 Å². The van der Waals surface area contributed by atoms with Crippen molar-refractivity contribution in [3.05, 3.63) is 36.8 Å². The minimum atomic E-state index is -0.146. The van der Waals surface area contributed by atoms with Crippen LogP contribution in [0.5, 0.6) is 0 Å². The molecule has 2 heterocycles. The molecule has 0 saturated heterocycles. The van der Waals surface area contributed by atoms with Crippen LogP contribution in [-0.2, 0) is 4.79 Å². The highest BCUT2D eigenvalue weighted by Gasteiger charge is 2.13. The summed E-state index contributed by atoms with van der Waals surface area (Å²) in [4.78, 5) is 11.9. The number of amides is 1. The molecule has 0 bridgehead atoms. The molecule has 6 nitrogen and oxygen atoms in total. The van der Waals surface area contributed by atoms with Crippen molar-refractivity contribution >= 4 is 34.1 Å². The van der Waals surface area contributed by atoms with Crippen molar-refractivity contribution in [2.75, 3.05) is 17.6 Å². The van der Waals surface area contributed by atoms with Crippen molar-refractivity contribution < 1.29 is 9.21 Å². The van der Waals surface area contributed by atoms with Crippen molar-refractivity contribution in [2.45, 2.75) is 17.3 Å². The summed E-state index contributed by atoms with van der Waals surface area (Å²) >= 11 is 2.77. The SMILES string of the molecule is C=CCNc1nnc(SCC(=O)NC(C)c2ccco2)s1. The zero-order valence-electron chi connectivity index (χ0n) is 11.5. The number of nitrogens with zero attached hydrogens (tertiary/aromatic N) is 2. The summed E-state index contributed by atoms with van der Waals surface area (Å²) in [5.74, 6) is 0.959. The van der Waals surface area contributed by atoms with E-state index >= 15 is 0 Å². The summed E-state index contributed by atoms with van der Waals surface area (Å²) in [7, 11) is 0. The van der Waals surface area contributed by atoms with Gasteiger partial charge in [0.1, 0.15) is 5.76 Å². The van der Waals surface area contributed by atoms with Crippen LogP contribution in [0, 0.1) is 0 Å². The molecule has 112 valence electrons. The fourth-order valence-electron chi connectivity index (χ4n) is 1.52. The topological polar surface area (TPSA) is 80.0 Å². The minimum absolute atomic E-state index is 0.0697. The Morgan fingerprint density at radius 2 is 2.48 bits per heavy atom. The Bertz CT molecular complexity index is 583. The second-order valence-corrected chi connectivity index (χ2v) is 6.34. The minimum Gasteiger partial charge on any atom is -0.467 e. The Morgan fingerprint density at radius 1 is 1.62 bits per heavy atom. The Balaban J connectivity index is 1.75. The average molecular weight is 324 g/mol. The third-order valence-corrected chi connectivity index (χ3v) is 4.49. The number of hydrogen-bond acceptors (Lipinski definition) is 7. The van der Waals surface area contributed by atoms with Gasteiger partial charge in [-0.1, -0.05) is 29.2 Å². The number of anilines is 1. The van der Waals surface area contributed by atoms with Gasteiger partial charge < -0.3 is 15.1 Å². The molecular weight excluding hydrogens is 308 g/mol. The summed E-state index contributed by atoms with van der Waals surface area (Å²) in [5, 5.41) is 14.6. The van der Waals surface area contributed by atoms with E-state index in [4.69, 9.17) is 4.42 Å². The van der Waals surface area contributed by atoms with E-state index in [9.17, 15) is 4.79 Å². The molecule has 2 rings (SSSR count). The van der Waals surface area contributed by atoms with E-state index in [2.05, 4.69) is 27.4 Å². The number of rotatable bonds is 8. The standard InChI is InChI=1S/C13H16N4O2S2/c1-3-6-14-12-16-17-13(21-12)20-8-11(18)15-9(2)10-5-4-7-19-10/h3-5,7,9H,1,6,8H2,2H3,(H,14,16)(H,15,18). The highest BCUT2D eigenvalue weighted by Crippen LogP contribution is 2.25. The van der Waals surface area contributed by atoms with E-state index in [0.29, 0.717) is 12.3 Å². The second-order valence-electron chi connectivity index (χ2n) is 4.14. The van der Waals surface area contributed by atoms with Gasteiger partial charge in [-0.25, -0.2) is 0 Å². The Kier molecular flexibility index (Phi) is 5.82. The van der Waals surface area contributed by atoms with E-state index in [-0.39, 0.29) is 11.9 Å². The first-order chi connectivity index (χ1) is 10.2. The molecule has 2 N–H and O–H groups in total. The van der Waals surface area contributed by atoms with E-state index in [1.54, 1.807) is 18.4 Å². The highest BCUT2D eigenvalue weighted by atomic mass is 32.2. The summed E-state index contributed by atoms with van der Waals surface area (Å²) in [6.07, 6.45) is 3.34. The van der Waals surface area contributed by atoms with Gasteiger partial charge in [0.2, 0.25) is 11.0 Å². The van der Waals surface area contributed by atoms with Gasteiger partial charge in [0.15, 0.2) is 4.34 Å². The number of aromatic nitrogens is 2. The smallest absolute Gasteiger partial charge is 0.231 e. The van der Waals surface area contributed by atoms with Crippen LogP contribution in [0.2, 0.25) is 0 Å². The number of furan rings is 1. The lowest BCUT2D eigenvalue weighted by Crippen LogP contribution is -2.27. The lowest BCUT2D eigenvalue weighted by molar-refractivity contribution is -0.119. The first-order valence-electron chi connectivity index (χ1n) is 6.33. The van der Waals surface area contributed by atoms with Gasteiger partial charge in [-0.2, -0.15) is 0 Å². The zero-order valence-corrected chi connectivity index (χ0v) is 13.2. The van der Waals surface area contributed by atoms with Crippen LogP contribution in [0.15, 0.2) is 39.8 Å². The molecule has 21 heavy (non-hydrogen) atoms. The van der Waals surface area contributed by atoms with Crippen molar-refractivity contribution in [2.24, 2.45) is 0 Å². The molecule has 1 amide bonds. The maximum Gasteiger partial charge on any atom is 0.231 e. The van der Waals surface area contributed by atoms with Crippen LogP contribution in [0.3, 0.4) is 0 Å². The lowest BCUT2D eigenvalue weighted by atomic mass is 10.2. The van der Waals surface area contributed by atoms with Gasteiger partial charge in [0.25, 0.3) is 0 Å². The largest absolute Gasteiger partial charge is 0.467 e. The Hall–Kier alpha value is -1.80. The van der Waals surface area contributed by atoms with E-state index in [1.807, 2.05) is 13.0 Å². The molecule has 2 aromatic heterocycles. The van der Waals surface area contributed by atoms with Gasteiger partial charge in [0, 0.05) is 6.54 Å². The van der Waals surface area contributed by atoms with Crippen molar-refractivity contribution in [3.63, 3.8) is 0 Å². The molecule has 2 aromatic rings. The number of hydrogen-bond donors (Lipinski definition) is 2. The van der Waals surface area contributed by atoms with Gasteiger partial charge in [0.05, 0.1) is 18.1 Å². The van der Waals surface area contributed by atoms with E-state index in [1.165, 1.54) is 23.1 Å². The molecule has 1 atom stereocenters. The molecule has 0 radical (unpaired) electrons. The maximum absolute atomic E-state index is 11.9. The summed E-state index contributed by atoms with van der Waals surface area (Å²) in [6, 6.07) is 3.49. The van der Waals surface area contributed by atoms with Crippen LogP contribution in [-0.4, -0.2) is 28.4 Å². The quantitative estimate of drug-likeness (QED) is 0.574. The lowest BCUT2D eigenvalue weighted by Gasteiger charge is -2.10. The summed E-state index contributed by atoms with van der Waals surface area (Å²) < 4.78 is 5.99. The molecule has 1 unspecified atom stereocenters. The third-order valence-electron chi connectivity index (χ3n) is 2.48. The van der Waals surface area contributed by atoms with Gasteiger partial charge in [-0.05, 0) is 19.1 Å². The number of nitrogens with one attached hydrogen (secondary N) is 2. The second kappa shape index (κ2) is 7.84. The number of carbonyl (C=O) groups is 1. The molecule has 0 aliphatic carbocycles. The third kappa shape index (κ3) is 4.91. The average Bonchev–Trinajstić information content (AvgIpc) is 3.14. The predicted octanol–water partition coefficient (Wildman–Crippen LogP) is 2.70. The van der Waals surface area contributed by atoms with Gasteiger partial charge in [-0.15, -0.1) is 16.8 Å². The molecular formula is C13H16N4O2S2. The zero-order chi connectivity index (χ0) is 15.1. The van der Waals surface area contributed by atoms with Crippen LogP contribution in [0.1, 0.15) is 18.7 Å². The molecule has 0 fully saturated rings. The normalized spacial score (nSPS) is 11.9. The monoisotopic (exact) mass is 324 g/mol. The van der Waals surface area contributed by atoms with Crippen LogP contribution in [0.4, 0.5) is 5.13 Å². The first kappa shape index (κ1) is 15.6. The van der Waals surface area contributed by atoms with Crippen LogP contribution < -0.4 is 10.6 Å².